The number of carbonyl (C=O) groups excluding carboxylic acids is 1. The van der Waals surface area contributed by atoms with Crippen LogP contribution in [0.25, 0.3) is 11.3 Å². The van der Waals surface area contributed by atoms with Gasteiger partial charge < -0.3 is 9.32 Å². The first-order valence-corrected chi connectivity index (χ1v) is 11.8. The number of hydrogen-bond acceptors (Lipinski definition) is 5. The molecular weight excluding hydrogens is 438 g/mol. The van der Waals surface area contributed by atoms with Crippen molar-refractivity contribution in [3.63, 3.8) is 0 Å². The monoisotopic (exact) mass is 464 g/mol. The van der Waals surface area contributed by atoms with Crippen LogP contribution in [0.5, 0.6) is 0 Å². The Balaban J connectivity index is 1.40. The smallest absolute Gasteiger partial charge is 0.291 e. The van der Waals surface area contributed by atoms with Crippen molar-refractivity contribution < 1.29 is 18.0 Å². The highest BCUT2D eigenvalue weighted by molar-refractivity contribution is 5.91. The molecule has 3 heterocycles. The Kier molecular flexibility index (Phi) is 4.66. The Morgan fingerprint density at radius 1 is 1.18 bits per heavy atom. The van der Waals surface area contributed by atoms with E-state index >= 15 is 0 Å². The molecule has 1 saturated carbocycles. The van der Waals surface area contributed by atoms with E-state index in [2.05, 4.69) is 29.0 Å². The van der Waals surface area contributed by atoms with E-state index in [4.69, 9.17) is 4.42 Å². The topological polar surface area (TPSA) is 72.1 Å². The third kappa shape index (κ3) is 2.77. The van der Waals surface area contributed by atoms with Gasteiger partial charge in [-0.05, 0) is 66.7 Å². The maximum Gasteiger partial charge on any atom is 0.291 e. The van der Waals surface area contributed by atoms with Gasteiger partial charge in [0.25, 0.3) is 5.91 Å². The van der Waals surface area contributed by atoms with Gasteiger partial charge in [-0.15, -0.1) is 0 Å². The molecule has 6 nitrogen and oxygen atoms in total. The highest BCUT2D eigenvalue weighted by atomic mass is 19.1. The van der Waals surface area contributed by atoms with Crippen molar-refractivity contribution in [3.8, 4) is 11.3 Å². The molecule has 1 amide bonds. The SMILES string of the molecule is CC1(C)C2CCC1(C1CCCN(C(=O)c3cnco3)C1)c1nnc(-c3c(F)cccc3F)cc12. The first-order valence-electron chi connectivity index (χ1n) is 11.8. The van der Waals surface area contributed by atoms with Crippen LogP contribution in [0, 0.1) is 23.0 Å². The summed E-state index contributed by atoms with van der Waals surface area (Å²) in [6, 6.07) is 5.68. The lowest BCUT2D eigenvalue weighted by Crippen LogP contribution is -2.51. The second-order valence-corrected chi connectivity index (χ2v) is 10.4. The molecule has 2 bridgehead atoms. The fraction of sp³-hybridized carbons (Fsp3) is 0.462. The van der Waals surface area contributed by atoms with Crippen LogP contribution in [0.15, 0.2) is 41.3 Å². The zero-order chi connectivity index (χ0) is 23.7. The van der Waals surface area contributed by atoms with Crippen LogP contribution in [0.4, 0.5) is 8.78 Å². The van der Waals surface area contributed by atoms with Crippen molar-refractivity contribution in [1.82, 2.24) is 20.1 Å². The number of likely N-dealkylation sites (tertiary alicyclic amines) is 1. The summed E-state index contributed by atoms with van der Waals surface area (Å²) < 4.78 is 34.2. The van der Waals surface area contributed by atoms with E-state index in [1.54, 1.807) is 0 Å². The summed E-state index contributed by atoms with van der Waals surface area (Å²) >= 11 is 0. The Labute approximate surface area is 196 Å². The molecule has 8 heteroatoms. The lowest BCUT2D eigenvalue weighted by Gasteiger charge is -2.48. The highest BCUT2D eigenvalue weighted by Crippen LogP contribution is 2.70. The molecule has 2 aliphatic carbocycles. The second-order valence-electron chi connectivity index (χ2n) is 10.4. The zero-order valence-corrected chi connectivity index (χ0v) is 19.2. The van der Waals surface area contributed by atoms with Gasteiger partial charge in [0.15, 0.2) is 6.39 Å². The minimum atomic E-state index is -0.639. The minimum absolute atomic E-state index is 0.112. The molecule has 3 aromatic rings. The molecule has 6 rings (SSSR count). The second kappa shape index (κ2) is 7.42. The largest absolute Gasteiger partial charge is 0.438 e. The maximum atomic E-state index is 14.5. The summed E-state index contributed by atoms with van der Waals surface area (Å²) in [6.07, 6.45) is 6.57. The van der Waals surface area contributed by atoms with Gasteiger partial charge in [-0.1, -0.05) is 19.9 Å². The molecular formula is C26H26F2N4O2. The average Bonchev–Trinajstić information content (AvgIpc) is 3.50. The van der Waals surface area contributed by atoms with E-state index in [0.717, 1.165) is 36.9 Å². The third-order valence-electron chi connectivity index (χ3n) is 8.74. The number of nitrogens with zero attached hydrogens (tertiary/aromatic N) is 4. The van der Waals surface area contributed by atoms with Crippen LogP contribution < -0.4 is 0 Å². The van der Waals surface area contributed by atoms with Crippen molar-refractivity contribution in [2.75, 3.05) is 13.1 Å². The molecule has 0 spiro atoms. The minimum Gasteiger partial charge on any atom is -0.438 e. The Morgan fingerprint density at radius 2 is 1.97 bits per heavy atom. The molecule has 3 aliphatic rings. The van der Waals surface area contributed by atoms with Crippen molar-refractivity contribution in [2.45, 2.75) is 50.9 Å². The van der Waals surface area contributed by atoms with Crippen molar-refractivity contribution in [2.24, 2.45) is 11.3 Å². The molecule has 2 fully saturated rings. The Morgan fingerprint density at radius 3 is 2.71 bits per heavy atom. The zero-order valence-electron chi connectivity index (χ0n) is 19.2. The predicted molar refractivity (Wildman–Crippen MR) is 120 cm³/mol. The molecule has 0 N–H and O–H groups in total. The summed E-state index contributed by atoms with van der Waals surface area (Å²) in [7, 11) is 0. The molecule has 1 aliphatic heterocycles. The molecule has 0 radical (unpaired) electrons. The number of piperidine rings is 1. The molecule has 176 valence electrons. The van der Waals surface area contributed by atoms with Crippen molar-refractivity contribution in [1.29, 1.82) is 0 Å². The fourth-order valence-corrected chi connectivity index (χ4v) is 7.18. The van der Waals surface area contributed by atoms with Crippen molar-refractivity contribution in [3.05, 3.63) is 65.5 Å². The fourth-order valence-electron chi connectivity index (χ4n) is 7.18. The predicted octanol–water partition coefficient (Wildman–Crippen LogP) is 5.12. The number of rotatable bonds is 3. The molecule has 3 atom stereocenters. The quantitative estimate of drug-likeness (QED) is 0.538. The summed E-state index contributed by atoms with van der Waals surface area (Å²) in [6.45, 7) is 5.83. The summed E-state index contributed by atoms with van der Waals surface area (Å²) in [5.74, 6) is -0.724. The van der Waals surface area contributed by atoms with Crippen LogP contribution in [0.3, 0.4) is 0 Å². The molecule has 1 aromatic carbocycles. The number of carbonyl (C=O) groups is 1. The van der Waals surface area contributed by atoms with Gasteiger partial charge in [0.2, 0.25) is 5.76 Å². The highest BCUT2D eigenvalue weighted by Gasteiger charge is 2.66. The first-order chi connectivity index (χ1) is 16.3. The molecule has 2 aromatic heterocycles. The van der Waals surface area contributed by atoms with E-state index < -0.39 is 11.6 Å². The normalized spacial score (nSPS) is 27.1. The van der Waals surface area contributed by atoms with Gasteiger partial charge >= 0.3 is 0 Å². The van der Waals surface area contributed by atoms with Gasteiger partial charge in [0.1, 0.15) is 11.6 Å². The number of benzene rings is 1. The number of fused-ring (bicyclic) bond motifs is 5. The van der Waals surface area contributed by atoms with Crippen LogP contribution in [-0.2, 0) is 5.41 Å². The average molecular weight is 465 g/mol. The summed E-state index contributed by atoms with van der Waals surface area (Å²) in [5.41, 5.74) is 1.73. The maximum absolute atomic E-state index is 14.5. The van der Waals surface area contributed by atoms with Crippen LogP contribution in [0.2, 0.25) is 0 Å². The van der Waals surface area contributed by atoms with E-state index in [-0.39, 0.29) is 45.6 Å². The van der Waals surface area contributed by atoms with Gasteiger partial charge in [0.05, 0.1) is 23.1 Å². The third-order valence-corrected chi connectivity index (χ3v) is 8.74. The van der Waals surface area contributed by atoms with E-state index in [1.165, 1.54) is 30.8 Å². The first kappa shape index (κ1) is 21.4. The van der Waals surface area contributed by atoms with Crippen LogP contribution in [-0.4, -0.2) is 39.1 Å². The number of aromatic nitrogens is 3. The van der Waals surface area contributed by atoms with E-state index in [0.29, 0.717) is 13.1 Å². The van der Waals surface area contributed by atoms with E-state index in [9.17, 15) is 13.6 Å². The molecule has 3 unspecified atom stereocenters. The summed E-state index contributed by atoms with van der Waals surface area (Å²) in [5, 5.41) is 8.98. The lowest BCUT2D eigenvalue weighted by molar-refractivity contribution is 0.0402. The summed E-state index contributed by atoms with van der Waals surface area (Å²) in [4.78, 5) is 18.7. The standard InChI is InChI=1S/C26H26F2N4O2/c1-25(2)17-8-9-26(25,15-5-4-10-32(13-15)24(33)21-12-29-14-34-21)23-16(17)11-20(30-31-23)22-18(27)6-3-7-19(22)28/h3,6-7,11-12,14-15,17H,4-5,8-10,13H2,1-2H3. The van der Waals surface area contributed by atoms with Crippen molar-refractivity contribution >= 4 is 5.91 Å². The van der Waals surface area contributed by atoms with Crippen LogP contribution in [0.1, 0.15) is 67.3 Å². The van der Waals surface area contributed by atoms with Gasteiger partial charge in [0, 0.05) is 18.5 Å². The van der Waals surface area contributed by atoms with Crippen LogP contribution >= 0.6 is 0 Å². The van der Waals surface area contributed by atoms with Gasteiger partial charge in [-0.25, -0.2) is 13.8 Å². The number of oxazole rings is 1. The Hall–Kier alpha value is -3.16. The van der Waals surface area contributed by atoms with E-state index in [1.807, 2.05) is 11.0 Å². The number of hydrogen-bond donors (Lipinski definition) is 0. The van der Waals surface area contributed by atoms with Gasteiger partial charge in [-0.2, -0.15) is 10.2 Å². The Bertz CT molecular complexity index is 1260. The molecule has 34 heavy (non-hydrogen) atoms. The van der Waals surface area contributed by atoms with Gasteiger partial charge in [-0.3, -0.25) is 4.79 Å². The lowest BCUT2D eigenvalue weighted by atomic mass is 9.59. The molecule has 1 saturated heterocycles. The number of halogens is 2. The number of amides is 1.